The van der Waals surface area contributed by atoms with Gasteiger partial charge < -0.3 is 14.2 Å². The molecule has 2 aliphatic carbocycles. The molecule has 0 N–H and O–H groups in total. The molecule has 0 radical (unpaired) electrons. The molecule has 7 unspecified atom stereocenters. The zero-order valence-corrected chi connectivity index (χ0v) is 16.7. The molecule has 2 aliphatic heterocycles. The van der Waals surface area contributed by atoms with Crippen molar-refractivity contribution in [2.45, 2.75) is 77.5 Å². The van der Waals surface area contributed by atoms with Gasteiger partial charge in [-0.25, -0.2) is 4.79 Å². The SMILES string of the molecule is C=C1C2CC(OC(=O)C=CC=CC3OC3C)C1(C)C1(C)CCC(C)=CC1O2. The number of rotatable bonds is 4. The van der Waals surface area contributed by atoms with E-state index in [9.17, 15) is 4.79 Å². The second kappa shape index (κ2) is 6.46. The van der Waals surface area contributed by atoms with Crippen LogP contribution in [0.5, 0.6) is 0 Å². The van der Waals surface area contributed by atoms with Crippen molar-refractivity contribution in [1.29, 1.82) is 0 Å². The Bertz CT molecular complexity index is 747. The topological polar surface area (TPSA) is 48.1 Å². The summed E-state index contributed by atoms with van der Waals surface area (Å²) in [5, 5.41) is 0. The van der Waals surface area contributed by atoms with Crippen molar-refractivity contribution in [2.24, 2.45) is 10.8 Å². The summed E-state index contributed by atoms with van der Waals surface area (Å²) in [6.07, 6.45) is 12.3. The van der Waals surface area contributed by atoms with E-state index < -0.39 is 0 Å². The van der Waals surface area contributed by atoms with Gasteiger partial charge in [0.25, 0.3) is 0 Å². The maximum Gasteiger partial charge on any atom is 0.331 e. The van der Waals surface area contributed by atoms with Crippen LogP contribution in [0, 0.1) is 10.8 Å². The molecule has 7 atom stereocenters. The number of carbonyl (C=O) groups is 1. The van der Waals surface area contributed by atoms with E-state index in [1.807, 2.05) is 19.1 Å². The maximum absolute atomic E-state index is 12.4. The van der Waals surface area contributed by atoms with Crippen LogP contribution in [0.3, 0.4) is 0 Å². The fraction of sp³-hybridized carbons (Fsp3) is 0.609. The second-order valence-corrected chi connectivity index (χ2v) is 8.91. The number of fused-ring (bicyclic) bond motifs is 4. The summed E-state index contributed by atoms with van der Waals surface area (Å²) in [5.41, 5.74) is 2.08. The van der Waals surface area contributed by atoms with Gasteiger partial charge >= 0.3 is 5.97 Å². The Kier molecular flexibility index (Phi) is 4.47. The molecule has 3 fully saturated rings. The molecule has 4 rings (SSSR count). The van der Waals surface area contributed by atoms with E-state index in [4.69, 9.17) is 14.2 Å². The fourth-order valence-electron chi connectivity index (χ4n) is 5.09. The number of allylic oxidation sites excluding steroid dienone is 3. The zero-order valence-electron chi connectivity index (χ0n) is 16.7. The molecule has 146 valence electrons. The van der Waals surface area contributed by atoms with Crippen LogP contribution in [0.15, 0.2) is 48.1 Å². The van der Waals surface area contributed by atoms with Crippen molar-refractivity contribution in [1.82, 2.24) is 0 Å². The van der Waals surface area contributed by atoms with Crippen LogP contribution in [-0.2, 0) is 19.0 Å². The molecule has 0 aromatic heterocycles. The lowest BCUT2D eigenvalue weighted by molar-refractivity contribution is -0.158. The molecule has 4 heteroatoms. The summed E-state index contributed by atoms with van der Waals surface area (Å²) >= 11 is 0. The lowest BCUT2D eigenvalue weighted by Crippen LogP contribution is -2.56. The highest BCUT2D eigenvalue weighted by Crippen LogP contribution is 2.64. The summed E-state index contributed by atoms with van der Waals surface area (Å²) in [4.78, 5) is 12.4. The highest BCUT2D eigenvalue weighted by molar-refractivity contribution is 5.82. The number of epoxide rings is 1. The minimum atomic E-state index is -0.307. The van der Waals surface area contributed by atoms with E-state index in [1.54, 1.807) is 6.08 Å². The summed E-state index contributed by atoms with van der Waals surface area (Å²) in [5.74, 6) is -0.307. The summed E-state index contributed by atoms with van der Waals surface area (Å²) in [6.45, 7) is 13.0. The van der Waals surface area contributed by atoms with Crippen LogP contribution in [0.4, 0.5) is 0 Å². The molecule has 0 aromatic rings. The van der Waals surface area contributed by atoms with Crippen LogP contribution in [-0.4, -0.2) is 36.5 Å². The van der Waals surface area contributed by atoms with Crippen LogP contribution < -0.4 is 0 Å². The van der Waals surface area contributed by atoms with Gasteiger partial charge in [-0.2, -0.15) is 0 Å². The highest BCUT2D eigenvalue weighted by Gasteiger charge is 2.66. The van der Waals surface area contributed by atoms with E-state index in [0.717, 1.165) is 18.4 Å². The Hall–Kier alpha value is -1.65. The van der Waals surface area contributed by atoms with Crippen molar-refractivity contribution < 1.29 is 19.0 Å². The third kappa shape index (κ3) is 2.94. The smallest absolute Gasteiger partial charge is 0.331 e. The third-order valence-corrected chi connectivity index (χ3v) is 7.39. The Morgan fingerprint density at radius 2 is 2.07 bits per heavy atom. The Balaban J connectivity index is 1.49. The molecule has 1 saturated carbocycles. The first-order chi connectivity index (χ1) is 12.8. The van der Waals surface area contributed by atoms with Crippen molar-refractivity contribution in [3.8, 4) is 0 Å². The van der Waals surface area contributed by atoms with Crippen LogP contribution >= 0.6 is 0 Å². The van der Waals surface area contributed by atoms with Crippen molar-refractivity contribution in [3.63, 3.8) is 0 Å². The molecule has 2 heterocycles. The summed E-state index contributed by atoms with van der Waals surface area (Å²) in [6, 6.07) is 0. The Labute approximate surface area is 161 Å². The molecular weight excluding hydrogens is 340 g/mol. The van der Waals surface area contributed by atoms with Crippen LogP contribution in [0.2, 0.25) is 0 Å². The van der Waals surface area contributed by atoms with Gasteiger partial charge in [-0.15, -0.1) is 0 Å². The molecule has 2 saturated heterocycles. The lowest BCUT2D eigenvalue weighted by Gasteiger charge is -2.55. The number of carbonyl (C=O) groups excluding carboxylic acids is 1. The standard InChI is InChI=1S/C23H30O4/c1-14-10-11-22(4)19(12-14)26-18-13-20(23(22,5)15(18)2)27-21(24)9-7-6-8-17-16(3)25-17/h6-9,12,16-20H,2,10-11,13H2,1,3-5H3. The molecular formula is C23H30O4. The molecule has 4 aliphatic rings. The first kappa shape index (κ1) is 18.7. The Morgan fingerprint density at radius 3 is 2.78 bits per heavy atom. The second-order valence-electron chi connectivity index (χ2n) is 8.91. The highest BCUT2D eigenvalue weighted by atomic mass is 16.6. The van der Waals surface area contributed by atoms with E-state index in [2.05, 4.69) is 33.4 Å². The van der Waals surface area contributed by atoms with Gasteiger partial charge in [0.15, 0.2) is 0 Å². The molecule has 0 amide bonds. The van der Waals surface area contributed by atoms with Crippen LogP contribution in [0.1, 0.15) is 47.0 Å². The van der Waals surface area contributed by atoms with Gasteiger partial charge in [-0.1, -0.05) is 50.3 Å². The minimum absolute atomic E-state index is 0.0367. The summed E-state index contributed by atoms with van der Waals surface area (Å²) in [7, 11) is 0. The molecule has 4 nitrogen and oxygen atoms in total. The zero-order chi connectivity index (χ0) is 19.4. The predicted molar refractivity (Wildman–Crippen MR) is 104 cm³/mol. The van der Waals surface area contributed by atoms with Gasteiger partial charge in [0, 0.05) is 23.3 Å². The average Bonchev–Trinajstić information content (AvgIpc) is 3.29. The predicted octanol–water partition coefficient (Wildman–Crippen LogP) is 4.28. The van der Waals surface area contributed by atoms with Gasteiger partial charge in [-0.3, -0.25) is 0 Å². The first-order valence-electron chi connectivity index (χ1n) is 9.98. The van der Waals surface area contributed by atoms with E-state index in [0.29, 0.717) is 6.42 Å². The monoisotopic (exact) mass is 370 g/mol. The molecule has 2 bridgehead atoms. The van der Waals surface area contributed by atoms with Crippen molar-refractivity contribution in [2.75, 3.05) is 0 Å². The van der Waals surface area contributed by atoms with Gasteiger partial charge in [0.2, 0.25) is 0 Å². The van der Waals surface area contributed by atoms with Crippen molar-refractivity contribution >= 4 is 5.97 Å². The number of hydrogen-bond acceptors (Lipinski definition) is 4. The lowest BCUT2D eigenvalue weighted by atomic mass is 9.54. The third-order valence-electron chi connectivity index (χ3n) is 7.39. The number of hydrogen-bond donors (Lipinski definition) is 0. The van der Waals surface area contributed by atoms with Crippen molar-refractivity contribution in [3.05, 3.63) is 48.1 Å². The van der Waals surface area contributed by atoms with E-state index >= 15 is 0 Å². The number of ether oxygens (including phenoxy) is 3. The fourth-order valence-corrected chi connectivity index (χ4v) is 5.09. The normalized spacial score (nSPS) is 45.9. The van der Waals surface area contributed by atoms with Gasteiger partial charge in [0.1, 0.15) is 12.2 Å². The Morgan fingerprint density at radius 1 is 1.33 bits per heavy atom. The molecule has 0 spiro atoms. The maximum atomic E-state index is 12.4. The minimum Gasteiger partial charge on any atom is -0.458 e. The average molecular weight is 370 g/mol. The van der Waals surface area contributed by atoms with Crippen LogP contribution in [0.25, 0.3) is 0 Å². The summed E-state index contributed by atoms with van der Waals surface area (Å²) < 4.78 is 17.6. The van der Waals surface area contributed by atoms with E-state index in [1.165, 1.54) is 11.6 Å². The van der Waals surface area contributed by atoms with Gasteiger partial charge in [-0.05, 0) is 32.3 Å². The van der Waals surface area contributed by atoms with Gasteiger partial charge in [0.05, 0.1) is 18.3 Å². The molecule has 0 aromatic carbocycles. The largest absolute Gasteiger partial charge is 0.458 e. The number of esters is 1. The quantitative estimate of drug-likeness (QED) is 0.244. The first-order valence-corrected chi connectivity index (χ1v) is 9.98. The van der Waals surface area contributed by atoms with E-state index in [-0.39, 0.29) is 47.3 Å². The molecule has 27 heavy (non-hydrogen) atoms.